The first kappa shape index (κ1) is 11.3. The summed E-state index contributed by atoms with van der Waals surface area (Å²) < 4.78 is 11.3. The zero-order valence-electron chi connectivity index (χ0n) is 10.2. The number of epoxide rings is 1. The second-order valence-corrected chi connectivity index (χ2v) is 8.31. The number of carbonyl (C=O) groups is 1. The summed E-state index contributed by atoms with van der Waals surface area (Å²) in [7, 11) is -1.21. The molecule has 2 fully saturated rings. The quantitative estimate of drug-likeness (QED) is 0.533. The van der Waals surface area contributed by atoms with E-state index in [9.17, 15) is 4.79 Å². The highest BCUT2D eigenvalue weighted by atomic mass is 28.3. The topological polar surface area (TPSA) is 38.8 Å². The Balaban J connectivity index is 2.14. The molecule has 0 aromatic carbocycles. The molecule has 0 spiro atoms. The van der Waals surface area contributed by atoms with E-state index in [2.05, 4.69) is 33.9 Å². The summed E-state index contributed by atoms with van der Waals surface area (Å²) in [6.45, 7) is 10.6. The average Bonchev–Trinajstić information content (AvgIpc) is 2.65. The fourth-order valence-electron chi connectivity index (χ4n) is 2.45. The number of Topliss-reactive ketones (excluding diaryl/α,β-unsaturated/α-hetero) is 1. The van der Waals surface area contributed by atoms with Crippen LogP contribution in [0.5, 0.6) is 0 Å². The first-order chi connectivity index (χ1) is 6.77. The van der Waals surface area contributed by atoms with Crippen LogP contribution >= 0.6 is 0 Å². The molecule has 15 heavy (non-hydrogen) atoms. The van der Waals surface area contributed by atoms with Crippen LogP contribution in [0.1, 0.15) is 27.2 Å². The Labute approximate surface area is 92.9 Å². The minimum Gasteiger partial charge on any atom is -0.386 e. The van der Waals surface area contributed by atoms with E-state index in [4.69, 9.17) is 9.16 Å². The van der Waals surface area contributed by atoms with Gasteiger partial charge in [-0.05, 0) is 18.5 Å². The van der Waals surface area contributed by atoms with Crippen molar-refractivity contribution in [1.29, 1.82) is 0 Å². The van der Waals surface area contributed by atoms with Crippen LogP contribution in [0.2, 0.25) is 13.1 Å². The van der Waals surface area contributed by atoms with Crippen molar-refractivity contribution < 1.29 is 14.0 Å². The molecule has 0 radical (unpaired) electrons. The van der Waals surface area contributed by atoms with Gasteiger partial charge in [-0.2, -0.15) is 0 Å². The van der Waals surface area contributed by atoms with Gasteiger partial charge in [0.25, 0.3) is 0 Å². The number of carbonyl (C=O) groups excluding carboxylic acids is 1. The molecule has 2 rings (SSSR count). The molecule has 1 saturated heterocycles. The molecule has 2 unspecified atom stereocenters. The molecular weight excluding hydrogens is 208 g/mol. The number of ether oxygens (including phenoxy) is 1. The first-order valence-electron chi connectivity index (χ1n) is 5.66. The highest BCUT2D eigenvalue weighted by Crippen LogP contribution is 2.56. The van der Waals surface area contributed by atoms with E-state index in [0.29, 0.717) is 12.3 Å². The van der Waals surface area contributed by atoms with E-state index in [1.54, 1.807) is 0 Å². The Hall–Kier alpha value is -0.193. The summed E-state index contributed by atoms with van der Waals surface area (Å²) in [6, 6.07) is 0. The van der Waals surface area contributed by atoms with Gasteiger partial charge in [0.1, 0.15) is 6.10 Å². The molecule has 0 N–H and O–H groups in total. The summed E-state index contributed by atoms with van der Waals surface area (Å²) in [5.41, 5.74) is 0.125. The third-order valence-electron chi connectivity index (χ3n) is 3.30. The number of fused-ring (bicyclic) bond motifs is 1. The second-order valence-electron chi connectivity index (χ2n) is 5.97. The molecule has 3 atom stereocenters. The van der Waals surface area contributed by atoms with Crippen molar-refractivity contribution in [3.63, 3.8) is 0 Å². The van der Waals surface area contributed by atoms with Gasteiger partial charge in [-0.3, -0.25) is 4.79 Å². The predicted octanol–water partition coefficient (Wildman–Crippen LogP) is 1.72. The first-order valence-corrected chi connectivity index (χ1v) is 8.44. The lowest BCUT2D eigenvalue weighted by atomic mass is 9.79. The van der Waals surface area contributed by atoms with Crippen LogP contribution in [0, 0.1) is 11.3 Å². The number of hydrogen-bond donors (Lipinski definition) is 0. The summed E-state index contributed by atoms with van der Waals surface area (Å²) in [4.78, 5) is 11.9. The van der Waals surface area contributed by atoms with Crippen molar-refractivity contribution in [2.45, 2.75) is 52.2 Å². The molecule has 1 aliphatic heterocycles. The molecule has 3 nitrogen and oxygen atoms in total. The Bertz CT molecular complexity index is 295. The number of hydrogen-bond acceptors (Lipinski definition) is 3. The van der Waals surface area contributed by atoms with Crippen LogP contribution in [0.3, 0.4) is 0 Å². The lowest BCUT2D eigenvalue weighted by Gasteiger charge is -2.25. The van der Waals surface area contributed by atoms with E-state index < -0.39 is 14.8 Å². The van der Waals surface area contributed by atoms with Gasteiger partial charge in [-0.1, -0.05) is 20.8 Å². The van der Waals surface area contributed by atoms with E-state index >= 15 is 0 Å². The van der Waals surface area contributed by atoms with Gasteiger partial charge in [0.15, 0.2) is 14.8 Å². The van der Waals surface area contributed by atoms with Crippen molar-refractivity contribution in [1.82, 2.24) is 0 Å². The third kappa shape index (κ3) is 1.68. The van der Waals surface area contributed by atoms with Crippen molar-refractivity contribution in [3.8, 4) is 0 Å². The molecule has 0 bridgehead atoms. The highest BCUT2D eigenvalue weighted by molar-refractivity contribution is 6.48. The molecule has 4 heteroatoms. The number of ketones is 1. The second kappa shape index (κ2) is 3.15. The standard InChI is InChI=1S/C11H20O3Si/c1-10(2,3)7-6-8(12)11(9(7)13-11)14-15(4)5/h7,9,15H,6H2,1-5H3/t7-,9?,11?/m0/s1. The molecule has 2 aliphatic rings. The Morgan fingerprint density at radius 1 is 1.47 bits per heavy atom. The molecule has 1 aliphatic carbocycles. The zero-order valence-corrected chi connectivity index (χ0v) is 11.3. The van der Waals surface area contributed by atoms with Gasteiger partial charge in [0, 0.05) is 12.3 Å². The molecule has 0 aromatic rings. The van der Waals surface area contributed by atoms with Crippen molar-refractivity contribution in [2.75, 3.05) is 0 Å². The van der Waals surface area contributed by atoms with Gasteiger partial charge in [0.05, 0.1) is 0 Å². The normalized spacial score (nSPS) is 39.7. The summed E-state index contributed by atoms with van der Waals surface area (Å²) in [6.07, 6.45) is 0.648. The van der Waals surface area contributed by atoms with Crippen molar-refractivity contribution in [3.05, 3.63) is 0 Å². The SMILES string of the molecule is C[SiH](C)OC12OC1[C@@H](C(C)(C)C)CC2=O. The minimum atomic E-state index is -1.21. The van der Waals surface area contributed by atoms with Crippen LogP contribution in [-0.4, -0.2) is 26.7 Å². The Kier molecular flexibility index (Phi) is 2.37. The van der Waals surface area contributed by atoms with E-state index in [1.165, 1.54) is 0 Å². The summed E-state index contributed by atoms with van der Waals surface area (Å²) >= 11 is 0. The Morgan fingerprint density at radius 3 is 2.40 bits per heavy atom. The lowest BCUT2D eigenvalue weighted by molar-refractivity contribution is -0.134. The van der Waals surface area contributed by atoms with Gasteiger partial charge >= 0.3 is 0 Å². The fraction of sp³-hybridized carbons (Fsp3) is 0.909. The summed E-state index contributed by atoms with van der Waals surface area (Å²) in [5, 5.41) is 0. The molecule has 1 saturated carbocycles. The molecular formula is C11H20O3Si. The van der Waals surface area contributed by atoms with Crippen LogP contribution < -0.4 is 0 Å². The predicted molar refractivity (Wildman–Crippen MR) is 60.1 cm³/mol. The maximum absolute atomic E-state index is 11.9. The van der Waals surface area contributed by atoms with Crippen molar-refractivity contribution >= 4 is 14.8 Å². The number of rotatable bonds is 2. The van der Waals surface area contributed by atoms with E-state index in [1.807, 2.05) is 0 Å². The average molecular weight is 228 g/mol. The Morgan fingerprint density at radius 2 is 2.07 bits per heavy atom. The maximum Gasteiger partial charge on any atom is 0.247 e. The smallest absolute Gasteiger partial charge is 0.247 e. The highest BCUT2D eigenvalue weighted by Gasteiger charge is 2.73. The third-order valence-corrected chi connectivity index (χ3v) is 4.12. The molecule has 0 amide bonds. The van der Waals surface area contributed by atoms with Gasteiger partial charge < -0.3 is 9.16 Å². The van der Waals surface area contributed by atoms with Gasteiger partial charge in [-0.25, -0.2) is 0 Å². The molecule has 0 aromatic heterocycles. The molecule has 86 valence electrons. The van der Waals surface area contributed by atoms with Gasteiger partial charge in [0.2, 0.25) is 5.79 Å². The van der Waals surface area contributed by atoms with Crippen LogP contribution in [0.15, 0.2) is 0 Å². The monoisotopic (exact) mass is 228 g/mol. The van der Waals surface area contributed by atoms with E-state index in [0.717, 1.165) is 0 Å². The lowest BCUT2D eigenvalue weighted by Crippen LogP contribution is -2.30. The summed E-state index contributed by atoms with van der Waals surface area (Å²) in [5.74, 6) is -0.329. The fourth-order valence-corrected chi connectivity index (χ4v) is 3.47. The zero-order chi connectivity index (χ0) is 11.4. The van der Waals surface area contributed by atoms with E-state index in [-0.39, 0.29) is 17.3 Å². The van der Waals surface area contributed by atoms with Crippen LogP contribution in [0.25, 0.3) is 0 Å². The van der Waals surface area contributed by atoms with Crippen LogP contribution in [-0.2, 0) is 14.0 Å². The largest absolute Gasteiger partial charge is 0.386 e. The van der Waals surface area contributed by atoms with Gasteiger partial charge in [-0.15, -0.1) is 0 Å². The van der Waals surface area contributed by atoms with Crippen LogP contribution in [0.4, 0.5) is 0 Å². The van der Waals surface area contributed by atoms with Crippen molar-refractivity contribution in [2.24, 2.45) is 11.3 Å². The minimum absolute atomic E-state index is 0.0277. The molecule has 1 heterocycles. The maximum atomic E-state index is 11.9.